The summed E-state index contributed by atoms with van der Waals surface area (Å²) in [6.07, 6.45) is 0.150. The maximum absolute atomic E-state index is 12.2. The van der Waals surface area contributed by atoms with E-state index in [1.54, 1.807) is 6.92 Å². The van der Waals surface area contributed by atoms with Crippen molar-refractivity contribution >= 4 is 21.3 Å². The third-order valence-electron chi connectivity index (χ3n) is 2.84. The monoisotopic (exact) mass is 285 g/mol. The highest BCUT2D eigenvalue weighted by molar-refractivity contribution is 7.92. The summed E-state index contributed by atoms with van der Waals surface area (Å²) in [7, 11) is -3.51. The minimum Gasteiger partial charge on any atom is -0.293 e. The topological polar surface area (TPSA) is 94.3 Å². The predicted octanol–water partition coefficient (Wildman–Crippen LogP) is 1.99. The number of hydrogen-bond donors (Lipinski definition) is 0. The van der Waals surface area contributed by atoms with Gasteiger partial charge in [0.15, 0.2) is 15.6 Å². The fourth-order valence-electron chi connectivity index (χ4n) is 1.76. The summed E-state index contributed by atoms with van der Waals surface area (Å²) in [5, 5.41) is 9.50. The molecule has 7 heteroatoms. The van der Waals surface area contributed by atoms with Gasteiger partial charge >= 0.3 is 0 Å². The van der Waals surface area contributed by atoms with E-state index in [2.05, 4.69) is 0 Å². The van der Waals surface area contributed by atoms with Gasteiger partial charge in [0.1, 0.15) is 5.25 Å². The first-order valence-corrected chi connectivity index (χ1v) is 7.55. The van der Waals surface area contributed by atoms with Gasteiger partial charge < -0.3 is 0 Å². The number of sulfone groups is 1. The zero-order valence-corrected chi connectivity index (χ0v) is 11.5. The molecule has 1 atom stereocenters. The van der Waals surface area contributed by atoms with Crippen LogP contribution in [-0.2, 0) is 9.84 Å². The molecule has 1 aromatic rings. The lowest BCUT2D eigenvalue weighted by molar-refractivity contribution is -0.384. The van der Waals surface area contributed by atoms with Crippen LogP contribution in [0.2, 0.25) is 0 Å². The SMILES string of the molecule is CC[C@H](C(=O)c1cccc([N+](=O)[O-])c1)S(=O)(=O)CC. The van der Waals surface area contributed by atoms with Crippen molar-refractivity contribution in [1.82, 2.24) is 0 Å². The van der Waals surface area contributed by atoms with Crippen LogP contribution in [0.15, 0.2) is 24.3 Å². The lowest BCUT2D eigenvalue weighted by Crippen LogP contribution is -2.31. The van der Waals surface area contributed by atoms with Crippen LogP contribution in [0.5, 0.6) is 0 Å². The van der Waals surface area contributed by atoms with Gasteiger partial charge in [0.25, 0.3) is 5.69 Å². The molecular weight excluding hydrogens is 270 g/mol. The van der Waals surface area contributed by atoms with Crippen LogP contribution in [-0.4, -0.2) is 30.1 Å². The Kier molecular flexibility index (Phi) is 4.77. The quantitative estimate of drug-likeness (QED) is 0.452. The predicted molar refractivity (Wildman–Crippen MR) is 71.0 cm³/mol. The van der Waals surface area contributed by atoms with E-state index in [0.29, 0.717) is 0 Å². The molecule has 1 aromatic carbocycles. The lowest BCUT2D eigenvalue weighted by atomic mass is 10.1. The van der Waals surface area contributed by atoms with Crippen LogP contribution in [0.4, 0.5) is 5.69 Å². The lowest BCUT2D eigenvalue weighted by Gasteiger charge is -2.13. The minimum atomic E-state index is -3.51. The number of nitrogens with zero attached hydrogens (tertiary/aromatic N) is 1. The summed E-state index contributed by atoms with van der Waals surface area (Å²) in [4.78, 5) is 22.2. The highest BCUT2D eigenvalue weighted by Gasteiger charge is 2.30. The second-order valence-corrected chi connectivity index (χ2v) is 6.49. The van der Waals surface area contributed by atoms with Crippen LogP contribution in [0.1, 0.15) is 30.6 Å². The summed E-state index contributed by atoms with van der Waals surface area (Å²) < 4.78 is 23.6. The molecule has 0 aliphatic rings. The molecule has 0 N–H and O–H groups in total. The number of Topliss-reactive ketones (excluding diaryl/α,β-unsaturated/α-hetero) is 1. The van der Waals surface area contributed by atoms with E-state index >= 15 is 0 Å². The number of nitro groups is 1. The maximum Gasteiger partial charge on any atom is 0.270 e. The van der Waals surface area contributed by atoms with Gasteiger partial charge in [-0.2, -0.15) is 0 Å². The van der Waals surface area contributed by atoms with Crippen molar-refractivity contribution in [2.75, 3.05) is 5.75 Å². The molecule has 1 rings (SSSR count). The van der Waals surface area contributed by atoms with Gasteiger partial charge in [0.05, 0.1) is 4.92 Å². The number of nitro benzene ring substituents is 1. The molecule has 0 aliphatic heterocycles. The van der Waals surface area contributed by atoms with Crippen LogP contribution in [0, 0.1) is 10.1 Å². The van der Waals surface area contributed by atoms with E-state index in [-0.39, 0.29) is 23.4 Å². The van der Waals surface area contributed by atoms with Crippen LogP contribution < -0.4 is 0 Å². The standard InChI is InChI=1S/C12H15NO5S/c1-3-11(19(17,18)4-2)12(14)9-6-5-7-10(8-9)13(15)16/h5-8,11H,3-4H2,1-2H3/t11-/m1/s1. The Morgan fingerprint density at radius 3 is 2.47 bits per heavy atom. The Morgan fingerprint density at radius 1 is 1.37 bits per heavy atom. The van der Waals surface area contributed by atoms with Gasteiger partial charge in [-0.05, 0) is 6.42 Å². The van der Waals surface area contributed by atoms with E-state index in [4.69, 9.17) is 0 Å². The molecule has 0 spiro atoms. The number of carbonyl (C=O) groups excluding carboxylic acids is 1. The van der Waals surface area contributed by atoms with Gasteiger partial charge in [-0.15, -0.1) is 0 Å². The van der Waals surface area contributed by atoms with Crippen molar-refractivity contribution in [3.05, 3.63) is 39.9 Å². The third kappa shape index (κ3) is 3.37. The Bertz CT molecular complexity index is 594. The average Bonchev–Trinajstić information content (AvgIpc) is 2.39. The number of ketones is 1. The van der Waals surface area contributed by atoms with Gasteiger partial charge in [0.2, 0.25) is 0 Å². The summed E-state index contributed by atoms with van der Waals surface area (Å²) in [6.45, 7) is 3.08. The molecule has 19 heavy (non-hydrogen) atoms. The molecule has 0 saturated heterocycles. The molecule has 6 nitrogen and oxygen atoms in total. The molecule has 0 aliphatic carbocycles. The molecule has 0 amide bonds. The number of rotatable bonds is 6. The first-order valence-electron chi connectivity index (χ1n) is 5.83. The number of benzene rings is 1. The zero-order valence-electron chi connectivity index (χ0n) is 10.7. The van der Waals surface area contributed by atoms with Crippen molar-refractivity contribution < 1.29 is 18.1 Å². The molecule has 0 saturated carbocycles. The molecule has 0 heterocycles. The second kappa shape index (κ2) is 5.92. The third-order valence-corrected chi connectivity index (χ3v) is 5.06. The Morgan fingerprint density at radius 2 is 2.00 bits per heavy atom. The zero-order chi connectivity index (χ0) is 14.6. The molecular formula is C12H15NO5S. The Balaban J connectivity index is 3.19. The van der Waals surface area contributed by atoms with E-state index < -0.39 is 25.8 Å². The van der Waals surface area contributed by atoms with E-state index in [1.807, 2.05) is 0 Å². The van der Waals surface area contributed by atoms with Gasteiger partial charge in [-0.1, -0.05) is 26.0 Å². The van der Waals surface area contributed by atoms with Gasteiger partial charge in [-0.3, -0.25) is 14.9 Å². The largest absolute Gasteiger partial charge is 0.293 e. The van der Waals surface area contributed by atoms with Gasteiger partial charge in [0, 0.05) is 23.4 Å². The van der Waals surface area contributed by atoms with Crippen LogP contribution >= 0.6 is 0 Å². The van der Waals surface area contributed by atoms with Crippen LogP contribution in [0.3, 0.4) is 0 Å². The van der Waals surface area contributed by atoms with Crippen molar-refractivity contribution in [3.63, 3.8) is 0 Å². The summed E-state index contributed by atoms with van der Waals surface area (Å²) in [6, 6.07) is 5.13. The number of non-ortho nitro benzene ring substituents is 1. The summed E-state index contributed by atoms with van der Waals surface area (Å²) in [5.74, 6) is -0.723. The first-order chi connectivity index (χ1) is 8.83. The highest BCUT2D eigenvalue weighted by atomic mass is 32.2. The summed E-state index contributed by atoms with van der Waals surface area (Å²) >= 11 is 0. The minimum absolute atomic E-state index is 0.0538. The fourth-order valence-corrected chi connectivity index (χ4v) is 3.13. The Hall–Kier alpha value is -1.76. The number of carbonyl (C=O) groups is 1. The second-order valence-electron chi connectivity index (χ2n) is 4.02. The van der Waals surface area contributed by atoms with E-state index in [1.165, 1.54) is 25.1 Å². The fraction of sp³-hybridized carbons (Fsp3) is 0.417. The normalized spacial score (nSPS) is 12.9. The Labute approximate surface area is 111 Å². The molecule has 104 valence electrons. The van der Waals surface area contributed by atoms with Gasteiger partial charge in [-0.25, -0.2) is 8.42 Å². The first kappa shape index (κ1) is 15.3. The van der Waals surface area contributed by atoms with Crippen LogP contribution in [0.25, 0.3) is 0 Å². The highest BCUT2D eigenvalue weighted by Crippen LogP contribution is 2.18. The van der Waals surface area contributed by atoms with Crippen molar-refractivity contribution in [1.29, 1.82) is 0 Å². The molecule has 0 unspecified atom stereocenters. The molecule has 0 fully saturated rings. The van der Waals surface area contributed by atoms with E-state index in [9.17, 15) is 23.3 Å². The average molecular weight is 285 g/mol. The van der Waals surface area contributed by atoms with E-state index in [0.717, 1.165) is 6.07 Å². The molecule has 0 radical (unpaired) electrons. The van der Waals surface area contributed by atoms with Crippen molar-refractivity contribution in [2.45, 2.75) is 25.5 Å². The van der Waals surface area contributed by atoms with Crippen molar-refractivity contribution in [2.24, 2.45) is 0 Å². The smallest absolute Gasteiger partial charge is 0.270 e. The summed E-state index contributed by atoms with van der Waals surface area (Å²) in [5.41, 5.74) is -0.173. The molecule has 0 aromatic heterocycles. The molecule has 0 bridgehead atoms. The number of hydrogen-bond acceptors (Lipinski definition) is 5. The maximum atomic E-state index is 12.2. The van der Waals surface area contributed by atoms with Crippen molar-refractivity contribution in [3.8, 4) is 0 Å².